The second-order valence-corrected chi connectivity index (χ2v) is 7.13. The minimum Gasteiger partial charge on any atom is -0.350 e. The summed E-state index contributed by atoms with van der Waals surface area (Å²) in [6, 6.07) is 1.79. The minimum absolute atomic E-state index is 0.0927. The van der Waals surface area contributed by atoms with E-state index in [1.54, 1.807) is 6.07 Å². The fourth-order valence-electron chi connectivity index (χ4n) is 0.854. The van der Waals surface area contributed by atoms with E-state index in [2.05, 4.69) is 37.2 Å². The summed E-state index contributed by atoms with van der Waals surface area (Å²) in [5.74, 6) is -0.0927. The smallest absolute Gasteiger partial charge is 0.261 e. The molecule has 0 fully saturated rings. The van der Waals surface area contributed by atoms with Gasteiger partial charge in [0.2, 0.25) is 0 Å². The number of carbonyl (C=O) groups excluding carboxylic acids is 1. The first-order chi connectivity index (χ1) is 6.79. The van der Waals surface area contributed by atoms with E-state index in [4.69, 9.17) is 5.73 Å². The number of amides is 1. The van der Waals surface area contributed by atoms with E-state index >= 15 is 0 Å². The molecule has 1 rings (SSSR count). The van der Waals surface area contributed by atoms with E-state index in [1.807, 2.05) is 13.8 Å². The summed E-state index contributed by atoms with van der Waals surface area (Å²) in [5, 5.41) is 2.78. The SMILES string of the molecule is CC(C)(N)CNC(=O)c1cc(Br)c(Br)s1. The van der Waals surface area contributed by atoms with Gasteiger partial charge in [-0.25, -0.2) is 0 Å². The van der Waals surface area contributed by atoms with Crippen LogP contribution in [-0.2, 0) is 0 Å². The lowest BCUT2D eigenvalue weighted by molar-refractivity contribution is 0.0950. The maximum atomic E-state index is 11.7. The number of hydrogen-bond acceptors (Lipinski definition) is 3. The van der Waals surface area contributed by atoms with Crippen molar-refractivity contribution < 1.29 is 4.79 Å². The summed E-state index contributed by atoms with van der Waals surface area (Å²) < 4.78 is 1.81. The largest absolute Gasteiger partial charge is 0.350 e. The summed E-state index contributed by atoms with van der Waals surface area (Å²) in [5.41, 5.74) is 5.38. The average molecular weight is 356 g/mol. The van der Waals surface area contributed by atoms with Crippen LogP contribution in [0.5, 0.6) is 0 Å². The molecule has 0 atom stereocenters. The molecule has 0 aliphatic rings. The van der Waals surface area contributed by atoms with Gasteiger partial charge in [-0.1, -0.05) is 0 Å². The fraction of sp³-hybridized carbons (Fsp3) is 0.444. The second kappa shape index (κ2) is 4.95. The highest BCUT2D eigenvalue weighted by Crippen LogP contribution is 2.32. The molecule has 15 heavy (non-hydrogen) atoms. The van der Waals surface area contributed by atoms with Gasteiger partial charge < -0.3 is 11.1 Å². The molecular formula is C9H12Br2N2OS. The Hall–Kier alpha value is 0.0900. The van der Waals surface area contributed by atoms with Crippen molar-refractivity contribution in [2.75, 3.05) is 6.54 Å². The third kappa shape index (κ3) is 4.22. The molecule has 1 amide bonds. The second-order valence-electron chi connectivity index (χ2n) is 3.90. The lowest BCUT2D eigenvalue weighted by Crippen LogP contribution is -2.44. The average Bonchev–Trinajstić information content (AvgIpc) is 2.42. The Kier molecular flexibility index (Phi) is 4.34. The fourth-order valence-corrected chi connectivity index (χ4v) is 2.81. The first-order valence-corrected chi connectivity index (χ1v) is 6.72. The Morgan fingerprint density at radius 3 is 2.60 bits per heavy atom. The van der Waals surface area contributed by atoms with Gasteiger partial charge >= 0.3 is 0 Å². The highest BCUT2D eigenvalue weighted by Gasteiger charge is 2.15. The van der Waals surface area contributed by atoms with Gasteiger partial charge in [0.15, 0.2) is 0 Å². The third-order valence-electron chi connectivity index (χ3n) is 1.57. The summed E-state index contributed by atoms with van der Waals surface area (Å²) in [6.45, 7) is 4.19. The van der Waals surface area contributed by atoms with E-state index in [1.165, 1.54) is 11.3 Å². The predicted octanol–water partition coefficient (Wildman–Crippen LogP) is 2.74. The van der Waals surface area contributed by atoms with Gasteiger partial charge in [0.25, 0.3) is 5.91 Å². The van der Waals surface area contributed by atoms with Gasteiger partial charge in [-0.05, 0) is 51.8 Å². The molecule has 1 heterocycles. The molecule has 0 aliphatic carbocycles. The summed E-state index contributed by atoms with van der Waals surface area (Å²) in [7, 11) is 0. The lowest BCUT2D eigenvalue weighted by atomic mass is 10.1. The molecule has 0 aromatic carbocycles. The van der Waals surface area contributed by atoms with Crippen molar-refractivity contribution in [3.8, 4) is 0 Å². The van der Waals surface area contributed by atoms with Gasteiger partial charge in [-0.3, -0.25) is 4.79 Å². The number of nitrogens with one attached hydrogen (secondary N) is 1. The van der Waals surface area contributed by atoms with Gasteiger partial charge in [-0.15, -0.1) is 11.3 Å². The number of halogens is 2. The molecule has 1 aromatic rings. The Balaban J connectivity index is 2.62. The van der Waals surface area contributed by atoms with E-state index in [0.29, 0.717) is 11.4 Å². The maximum Gasteiger partial charge on any atom is 0.261 e. The molecule has 0 bridgehead atoms. The first-order valence-electron chi connectivity index (χ1n) is 4.31. The zero-order valence-electron chi connectivity index (χ0n) is 8.43. The molecule has 0 unspecified atom stereocenters. The number of rotatable bonds is 3. The van der Waals surface area contributed by atoms with Crippen LogP contribution in [-0.4, -0.2) is 18.0 Å². The van der Waals surface area contributed by atoms with Crippen LogP contribution in [0.1, 0.15) is 23.5 Å². The number of nitrogens with two attached hydrogens (primary N) is 1. The summed E-state index contributed by atoms with van der Waals surface area (Å²) >= 11 is 8.07. The zero-order chi connectivity index (χ0) is 11.6. The Labute approximate surface area is 110 Å². The van der Waals surface area contributed by atoms with Gasteiger partial charge in [0.05, 0.1) is 8.66 Å². The van der Waals surface area contributed by atoms with Crippen molar-refractivity contribution in [1.29, 1.82) is 0 Å². The Bertz CT molecular complexity index is 351. The van der Waals surface area contributed by atoms with Gasteiger partial charge in [-0.2, -0.15) is 0 Å². The van der Waals surface area contributed by atoms with Crippen molar-refractivity contribution in [2.45, 2.75) is 19.4 Å². The van der Waals surface area contributed by atoms with Crippen molar-refractivity contribution in [3.63, 3.8) is 0 Å². The van der Waals surface area contributed by atoms with Crippen LogP contribution < -0.4 is 11.1 Å². The molecule has 3 nitrogen and oxygen atoms in total. The van der Waals surface area contributed by atoms with Crippen LogP contribution in [0.3, 0.4) is 0 Å². The molecule has 1 aromatic heterocycles. The number of carbonyl (C=O) groups is 1. The van der Waals surface area contributed by atoms with Crippen LogP contribution >= 0.6 is 43.2 Å². The minimum atomic E-state index is -0.388. The topological polar surface area (TPSA) is 55.1 Å². The molecule has 0 saturated heterocycles. The monoisotopic (exact) mass is 354 g/mol. The molecule has 0 aliphatic heterocycles. The normalized spacial score (nSPS) is 11.5. The Morgan fingerprint density at radius 1 is 1.60 bits per heavy atom. The molecule has 84 valence electrons. The molecule has 0 spiro atoms. The van der Waals surface area contributed by atoms with Crippen LogP contribution in [0.15, 0.2) is 14.3 Å². The highest BCUT2D eigenvalue weighted by molar-refractivity contribution is 9.13. The van der Waals surface area contributed by atoms with Gasteiger partial charge in [0.1, 0.15) is 0 Å². The summed E-state index contributed by atoms with van der Waals surface area (Å²) in [4.78, 5) is 12.3. The summed E-state index contributed by atoms with van der Waals surface area (Å²) in [6.07, 6.45) is 0. The van der Waals surface area contributed by atoms with Crippen LogP contribution in [0.4, 0.5) is 0 Å². The Morgan fingerprint density at radius 2 is 2.20 bits per heavy atom. The number of thiophene rings is 1. The molecule has 0 saturated carbocycles. The molecule has 6 heteroatoms. The maximum absolute atomic E-state index is 11.7. The van der Waals surface area contributed by atoms with Gasteiger partial charge in [0, 0.05) is 16.6 Å². The van der Waals surface area contributed by atoms with Crippen molar-refractivity contribution in [2.24, 2.45) is 5.73 Å². The molecular weight excluding hydrogens is 344 g/mol. The predicted molar refractivity (Wildman–Crippen MR) is 70.3 cm³/mol. The van der Waals surface area contributed by atoms with Crippen molar-refractivity contribution in [1.82, 2.24) is 5.32 Å². The standard InChI is InChI=1S/C9H12Br2N2OS/c1-9(2,12)4-13-8(14)6-3-5(10)7(11)15-6/h3H,4,12H2,1-2H3,(H,13,14). The van der Waals surface area contributed by atoms with Crippen LogP contribution in [0, 0.1) is 0 Å². The molecule has 0 radical (unpaired) electrons. The van der Waals surface area contributed by atoms with E-state index in [-0.39, 0.29) is 11.4 Å². The van der Waals surface area contributed by atoms with Crippen molar-refractivity contribution in [3.05, 3.63) is 19.2 Å². The lowest BCUT2D eigenvalue weighted by Gasteiger charge is -2.18. The number of hydrogen-bond donors (Lipinski definition) is 2. The zero-order valence-corrected chi connectivity index (χ0v) is 12.4. The van der Waals surface area contributed by atoms with E-state index in [0.717, 1.165) is 8.26 Å². The third-order valence-corrected chi connectivity index (χ3v) is 4.83. The van der Waals surface area contributed by atoms with E-state index in [9.17, 15) is 4.79 Å². The molecule has 3 N–H and O–H groups in total. The first kappa shape index (κ1) is 13.2. The van der Waals surface area contributed by atoms with Crippen LogP contribution in [0.25, 0.3) is 0 Å². The highest BCUT2D eigenvalue weighted by atomic mass is 79.9. The quantitative estimate of drug-likeness (QED) is 0.875. The van der Waals surface area contributed by atoms with E-state index < -0.39 is 0 Å². The van der Waals surface area contributed by atoms with Crippen LogP contribution in [0.2, 0.25) is 0 Å². The van der Waals surface area contributed by atoms with Crippen molar-refractivity contribution >= 4 is 49.1 Å².